The molecule has 0 bridgehead atoms. The zero-order valence-corrected chi connectivity index (χ0v) is 18.6. The summed E-state index contributed by atoms with van der Waals surface area (Å²) in [6, 6.07) is 13.9. The van der Waals surface area contributed by atoms with Crippen LogP contribution in [0.3, 0.4) is 0 Å². The molecule has 0 aliphatic heterocycles. The van der Waals surface area contributed by atoms with E-state index in [1.165, 1.54) is 0 Å². The third-order valence-corrected chi connectivity index (χ3v) is 3.74. The lowest BCUT2D eigenvalue weighted by molar-refractivity contribution is 0.185. The van der Waals surface area contributed by atoms with Gasteiger partial charge in [0.25, 0.3) is 0 Å². The van der Waals surface area contributed by atoms with Crippen LogP contribution < -0.4 is 20.1 Å². The van der Waals surface area contributed by atoms with Crippen molar-refractivity contribution in [2.45, 2.75) is 20.1 Å². The molecule has 0 unspecified atom stereocenters. The molecule has 2 aromatic rings. The standard InChI is InChI=1S/C20H27N3O3.HI/c1-5-21-20(22-13-15-6-8-16(9-7-15)14-24-2)23-17-10-11-18(25-3)19(12-17)26-4;/h6-12H,5,13-14H2,1-4H3,(H2,21,22,23);1H. The first kappa shape index (κ1) is 23.0. The van der Waals surface area contributed by atoms with Crippen LogP contribution in [0.5, 0.6) is 11.5 Å². The van der Waals surface area contributed by atoms with Crippen molar-refractivity contribution in [3.05, 3.63) is 53.6 Å². The van der Waals surface area contributed by atoms with Gasteiger partial charge in [-0.2, -0.15) is 0 Å². The van der Waals surface area contributed by atoms with Gasteiger partial charge in [0, 0.05) is 25.4 Å². The number of nitrogens with zero attached hydrogens (tertiary/aromatic N) is 1. The van der Waals surface area contributed by atoms with Gasteiger partial charge in [-0.1, -0.05) is 24.3 Å². The van der Waals surface area contributed by atoms with Crippen LogP contribution in [0.4, 0.5) is 5.69 Å². The third-order valence-electron chi connectivity index (χ3n) is 3.74. The molecule has 0 aliphatic rings. The Bertz CT molecular complexity index is 721. The van der Waals surface area contributed by atoms with E-state index in [0.717, 1.165) is 23.4 Å². The van der Waals surface area contributed by atoms with E-state index in [-0.39, 0.29) is 24.0 Å². The molecule has 0 saturated carbocycles. The Balaban J connectivity index is 0.00000364. The maximum absolute atomic E-state index is 5.34. The fourth-order valence-corrected chi connectivity index (χ4v) is 2.44. The molecule has 7 heteroatoms. The Morgan fingerprint density at radius 3 is 2.19 bits per heavy atom. The molecule has 0 aromatic heterocycles. The minimum atomic E-state index is 0. The lowest BCUT2D eigenvalue weighted by atomic mass is 10.1. The summed E-state index contributed by atoms with van der Waals surface area (Å²) in [5.74, 6) is 2.07. The highest BCUT2D eigenvalue weighted by Gasteiger charge is 2.06. The average Bonchev–Trinajstić information content (AvgIpc) is 2.67. The highest BCUT2D eigenvalue weighted by Crippen LogP contribution is 2.29. The lowest BCUT2D eigenvalue weighted by Crippen LogP contribution is -2.30. The van der Waals surface area contributed by atoms with E-state index in [2.05, 4.69) is 39.9 Å². The highest BCUT2D eigenvalue weighted by atomic mass is 127. The minimum Gasteiger partial charge on any atom is -0.493 e. The zero-order valence-electron chi connectivity index (χ0n) is 16.2. The number of anilines is 1. The van der Waals surface area contributed by atoms with Crippen molar-refractivity contribution in [2.75, 3.05) is 33.2 Å². The number of hydrogen-bond acceptors (Lipinski definition) is 4. The molecular weight excluding hydrogens is 457 g/mol. The second-order valence-electron chi connectivity index (χ2n) is 5.64. The number of rotatable bonds is 8. The highest BCUT2D eigenvalue weighted by molar-refractivity contribution is 14.0. The largest absolute Gasteiger partial charge is 0.493 e. The Hall–Kier alpha value is -2.00. The molecule has 2 aromatic carbocycles. The lowest BCUT2D eigenvalue weighted by Gasteiger charge is -2.14. The van der Waals surface area contributed by atoms with E-state index >= 15 is 0 Å². The molecular formula is C20H28IN3O3. The fourth-order valence-electron chi connectivity index (χ4n) is 2.44. The normalized spacial score (nSPS) is 10.7. The topological polar surface area (TPSA) is 64.1 Å². The van der Waals surface area contributed by atoms with E-state index in [0.29, 0.717) is 30.6 Å². The number of benzene rings is 2. The summed E-state index contributed by atoms with van der Waals surface area (Å²) in [6.07, 6.45) is 0. The van der Waals surface area contributed by atoms with Crippen LogP contribution in [0, 0.1) is 0 Å². The number of methoxy groups -OCH3 is 3. The Kier molecular flexibility index (Phi) is 10.6. The van der Waals surface area contributed by atoms with Gasteiger partial charge in [-0.25, -0.2) is 4.99 Å². The van der Waals surface area contributed by atoms with E-state index in [1.807, 2.05) is 25.1 Å². The predicted molar refractivity (Wildman–Crippen MR) is 121 cm³/mol. The van der Waals surface area contributed by atoms with Gasteiger partial charge in [-0.15, -0.1) is 24.0 Å². The van der Waals surface area contributed by atoms with E-state index in [4.69, 9.17) is 14.2 Å². The smallest absolute Gasteiger partial charge is 0.196 e. The van der Waals surface area contributed by atoms with Crippen LogP contribution in [0.2, 0.25) is 0 Å². The maximum Gasteiger partial charge on any atom is 0.196 e. The first-order chi connectivity index (χ1) is 12.7. The van der Waals surface area contributed by atoms with Crippen molar-refractivity contribution >= 4 is 35.6 Å². The van der Waals surface area contributed by atoms with Gasteiger partial charge < -0.3 is 24.8 Å². The summed E-state index contributed by atoms with van der Waals surface area (Å²) in [7, 11) is 4.93. The molecule has 2 rings (SSSR count). The molecule has 0 heterocycles. The van der Waals surface area contributed by atoms with Crippen LogP contribution in [-0.4, -0.2) is 33.8 Å². The van der Waals surface area contributed by atoms with Gasteiger partial charge in [0.15, 0.2) is 17.5 Å². The number of nitrogens with one attached hydrogen (secondary N) is 2. The zero-order chi connectivity index (χ0) is 18.8. The van der Waals surface area contributed by atoms with Crippen LogP contribution in [0.25, 0.3) is 0 Å². The molecule has 0 fully saturated rings. The van der Waals surface area contributed by atoms with Gasteiger partial charge in [0.2, 0.25) is 0 Å². The van der Waals surface area contributed by atoms with Crippen LogP contribution >= 0.6 is 24.0 Å². The van der Waals surface area contributed by atoms with Crippen molar-refractivity contribution in [3.63, 3.8) is 0 Å². The average molecular weight is 485 g/mol. The van der Waals surface area contributed by atoms with Crippen LogP contribution in [0.1, 0.15) is 18.1 Å². The van der Waals surface area contributed by atoms with Gasteiger partial charge in [0.1, 0.15) is 0 Å². The molecule has 0 saturated heterocycles. The monoisotopic (exact) mass is 485 g/mol. The maximum atomic E-state index is 5.34. The molecule has 0 spiro atoms. The summed E-state index contributed by atoms with van der Waals surface area (Å²) in [5, 5.41) is 6.54. The van der Waals surface area contributed by atoms with E-state index < -0.39 is 0 Å². The molecule has 148 valence electrons. The van der Waals surface area contributed by atoms with Crippen molar-refractivity contribution in [3.8, 4) is 11.5 Å². The molecule has 27 heavy (non-hydrogen) atoms. The third kappa shape index (κ3) is 7.26. The van der Waals surface area contributed by atoms with Crippen LogP contribution in [0.15, 0.2) is 47.5 Å². The number of hydrogen-bond donors (Lipinski definition) is 2. The van der Waals surface area contributed by atoms with Gasteiger partial charge in [0.05, 0.1) is 27.4 Å². The van der Waals surface area contributed by atoms with E-state index in [9.17, 15) is 0 Å². The van der Waals surface area contributed by atoms with E-state index in [1.54, 1.807) is 21.3 Å². The molecule has 0 atom stereocenters. The van der Waals surface area contributed by atoms with Crippen molar-refractivity contribution < 1.29 is 14.2 Å². The SMILES string of the molecule is CCNC(=NCc1ccc(COC)cc1)Nc1ccc(OC)c(OC)c1.I. The number of aliphatic imine (C=N–C) groups is 1. The fraction of sp³-hybridized carbons (Fsp3) is 0.350. The summed E-state index contributed by atoms with van der Waals surface area (Å²) < 4.78 is 15.7. The van der Waals surface area contributed by atoms with Crippen molar-refractivity contribution in [1.82, 2.24) is 5.32 Å². The predicted octanol–water partition coefficient (Wildman–Crippen LogP) is 4.05. The second-order valence-corrected chi connectivity index (χ2v) is 5.64. The minimum absolute atomic E-state index is 0. The summed E-state index contributed by atoms with van der Waals surface area (Å²) >= 11 is 0. The molecule has 6 nitrogen and oxygen atoms in total. The first-order valence-electron chi connectivity index (χ1n) is 8.54. The second kappa shape index (κ2) is 12.4. The molecule has 0 aliphatic carbocycles. The number of ether oxygens (including phenoxy) is 3. The quantitative estimate of drug-likeness (QED) is 0.336. The first-order valence-corrected chi connectivity index (χ1v) is 8.54. The number of guanidine groups is 1. The molecule has 0 amide bonds. The van der Waals surface area contributed by atoms with Crippen molar-refractivity contribution in [2.24, 2.45) is 4.99 Å². The Morgan fingerprint density at radius 2 is 1.59 bits per heavy atom. The summed E-state index contributed by atoms with van der Waals surface area (Å²) in [5.41, 5.74) is 3.16. The molecule has 2 N–H and O–H groups in total. The van der Waals surface area contributed by atoms with Gasteiger partial charge in [-0.3, -0.25) is 0 Å². The Morgan fingerprint density at radius 1 is 0.926 bits per heavy atom. The van der Waals surface area contributed by atoms with Gasteiger partial charge in [-0.05, 0) is 30.2 Å². The number of halogens is 1. The molecule has 0 radical (unpaired) electrons. The van der Waals surface area contributed by atoms with Crippen molar-refractivity contribution in [1.29, 1.82) is 0 Å². The Labute approximate surface area is 178 Å². The van der Waals surface area contributed by atoms with Gasteiger partial charge >= 0.3 is 0 Å². The van der Waals surface area contributed by atoms with Crippen LogP contribution in [-0.2, 0) is 17.9 Å². The summed E-state index contributed by atoms with van der Waals surface area (Å²) in [6.45, 7) is 4.00. The summed E-state index contributed by atoms with van der Waals surface area (Å²) in [4.78, 5) is 4.64.